The van der Waals surface area contributed by atoms with Gasteiger partial charge in [-0.25, -0.2) is 21.9 Å². The molecule has 1 aliphatic heterocycles. The molecule has 0 spiro atoms. The van der Waals surface area contributed by atoms with E-state index in [-0.39, 0.29) is 22.7 Å². The predicted octanol–water partition coefficient (Wildman–Crippen LogP) is 4.09. The fraction of sp³-hybridized carbons (Fsp3) is 0.240. The van der Waals surface area contributed by atoms with E-state index in [2.05, 4.69) is 10.0 Å². The first kappa shape index (κ1) is 24.0. The Labute approximate surface area is 197 Å². The first-order valence-electron chi connectivity index (χ1n) is 11.0. The lowest BCUT2D eigenvalue weighted by Gasteiger charge is -2.37. The van der Waals surface area contributed by atoms with Gasteiger partial charge < -0.3 is 5.32 Å². The minimum Gasteiger partial charge on any atom is -0.324 e. The third kappa shape index (κ3) is 5.85. The largest absolute Gasteiger partial charge is 0.324 e. The Balaban J connectivity index is 1.45. The summed E-state index contributed by atoms with van der Waals surface area (Å²) in [4.78, 5) is 15.3. The Kier molecular flexibility index (Phi) is 7.35. The van der Waals surface area contributed by atoms with Crippen molar-refractivity contribution < 1.29 is 22.0 Å². The van der Waals surface area contributed by atoms with E-state index < -0.39 is 21.9 Å². The maximum atomic E-state index is 13.2. The van der Waals surface area contributed by atoms with Gasteiger partial charge in [0.15, 0.2) is 0 Å². The third-order valence-corrected chi connectivity index (χ3v) is 7.35. The molecule has 34 heavy (non-hydrogen) atoms. The van der Waals surface area contributed by atoms with Gasteiger partial charge in [-0.1, -0.05) is 30.3 Å². The van der Waals surface area contributed by atoms with Crippen LogP contribution >= 0.6 is 0 Å². The number of nitrogens with one attached hydrogen (secondary N) is 2. The quantitative estimate of drug-likeness (QED) is 0.529. The highest BCUT2D eigenvalue weighted by Crippen LogP contribution is 2.27. The molecule has 0 aliphatic carbocycles. The zero-order valence-electron chi connectivity index (χ0n) is 18.3. The second-order valence-electron chi connectivity index (χ2n) is 8.19. The van der Waals surface area contributed by atoms with E-state index in [1.165, 1.54) is 36.4 Å². The summed E-state index contributed by atoms with van der Waals surface area (Å²) in [5.74, 6) is -1.14. The Hall–Kier alpha value is -3.14. The average Bonchev–Trinajstić information content (AvgIpc) is 2.83. The molecule has 1 aliphatic rings. The van der Waals surface area contributed by atoms with Crippen LogP contribution in [0.5, 0.6) is 0 Å². The average molecular weight is 486 g/mol. The SMILES string of the molecule is O=C(Nc1ccc(F)cc1)C(c1ccccc1)N1CCC(NS(=O)(=O)c2ccc(F)cc2)CC1. The highest BCUT2D eigenvalue weighted by molar-refractivity contribution is 7.89. The molecule has 3 aromatic carbocycles. The molecule has 1 saturated heterocycles. The molecule has 9 heteroatoms. The van der Waals surface area contributed by atoms with Gasteiger partial charge in [-0.05, 0) is 66.9 Å². The Morgan fingerprint density at radius 3 is 2.00 bits per heavy atom. The number of carbonyl (C=O) groups excluding carboxylic acids is 1. The molecule has 0 aromatic heterocycles. The van der Waals surface area contributed by atoms with Crippen LogP contribution in [0.1, 0.15) is 24.4 Å². The topological polar surface area (TPSA) is 78.5 Å². The molecule has 1 unspecified atom stereocenters. The number of likely N-dealkylation sites (tertiary alicyclic amines) is 1. The van der Waals surface area contributed by atoms with Gasteiger partial charge in [-0.3, -0.25) is 9.69 Å². The normalized spacial score (nSPS) is 16.2. The van der Waals surface area contributed by atoms with Crippen molar-refractivity contribution in [1.29, 1.82) is 0 Å². The molecule has 4 rings (SSSR count). The van der Waals surface area contributed by atoms with E-state index in [1.54, 1.807) is 0 Å². The number of hydrogen-bond acceptors (Lipinski definition) is 4. The van der Waals surface area contributed by atoms with Crippen LogP contribution in [0.15, 0.2) is 83.8 Å². The molecule has 1 amide bonds. The van der Waals surface area contributed by atoms with Gasteiger partial charge >= 0.3 is 0 Å². The van der Waals surface area contributed by atoms with Gasteiger partial charge in [-0.2, -0.15) is 0 Å². The lowest BCUT2D eigenvalue weighted by atomic mass is 9.99. The second kappa shape index (κ2) is 10.4. The van der Waals surface area contributed by atoms with Gasteiger partial charge in [0, 0.05) is 24.8 Å². The molecule has 0 saturated carbocycles. The maximum absolute atomic E-state index is 13.2. The van der Waals surface area contributed by atoms with Crippen molar-refractivity contribution >= 4 is 21.6 Å². The lowest BCUT2D eigenvalue weighted by molar-refractivity contribution is -0.122. The minimum atomic E-state index is -3.77. The van der Waals surface area contributed by atoms with E-state index in [0.717, 1.165) is 17.7 Å². The lowest BCUT2D eigenvalue weighted by Crippen LogP contribution is -2.47. The van der Waals surface area contributed by atoms with Crippen LogP contribution in [-0.4, -0.2) is 38.4 Å². The highest BCUT2D eigenvalue weighted by atomic mass is 32.2. The zero-order valence-corrected chi connectivity index (χ0v) is 19.1. The fourth-order valence-corrected chi connectivity index (χ4v) is 5.39. The molecule has 0 radical (unpaired) electrons. The van der Waals surface area contributed by atoms with Crippen molar-refractivity contribution in [3.63, 3.8) is 0 Å². The number of hydrogen-bond donors (Lipinski definition) is 2. The van der Waals surface area contributed by atoms with Gasteiger partial charge in [-0.15, -0.1) is 0 Å². The summed E-state index contributed by atoms with van der Waals surface area (Å²) in [5, 5.41) is 2.85. The van der Waals surface area contributed by atoms with E-state index >= 15 is 0 Å². The molecular weight excluding hydrogens is 460 g/mol. The zero-order chi connectivity index (χ0) is 24.1. The van der Waals surface area contributed by atoms with Crippen LogP contribution in [0.4, 0.5) is 14.5 Å². The molecule has 1 atom stereocenters. The van der Waals surface area contributed by atoms with Crippen molar-refractivity contribution in [1.82, 2.24) is 9.62 Å². The molecule has 0 bridgehead atoms. The molecule has 1 fully saturated rings. The predicted molar refractivity (Wildman–Crippen MR) is 126 cm³/mol. The second-order valence-corrected chi connectivity index (χ2v) is 9.91. The maximum Gasteiger partial charge on any atom is 0.246 e. The monoisotopic (exact) mass is 485 g/mol. The van der Waals surface area contributed by atoms with Crippen molar-refractivity contribution in [2.45, 2.75) is 29.8 Å². The van der Waals surface area contributed by atoms with Crippen LogP contribution in [0.25, 0.3) is 0 Å². The molecule has 2 N–H and O–H groups in total. The molecule has 178 valence electrons. The van der Waals surface area contributed by atoms with Crippen LogP contribution in [0.2, 0.25) is 0 Å². The Morgan fingerprint density at radius 2 is 1.41 bits per heavy atom. The van der Waals surface area contributed by atoms with Crippen molar-refractivity contribution in [3.05, 3.63) is 96.1 Å². The van der Waals surface area contributed by atoms with Crippen LogP contribution in [0.3, 0.4) is 0 Å². The highest BCUT2D eigenvalue weighted by Gasteiger charge is 2.32. The standard InChI is InChI=1S/C25H25F2N3O3S/c26-19-6-10-21(11-7-19)28-25(31)24(18-4-2-1-3-5-18)30-16-14-22(15-17-30)29-34(32,33)23-12-8-20(27)9-13-23/h1-13,22,24,29H,14-17H2,(H,28,31). The van der Waals surface area contributed by atoms with E-state index in [0.29, 0.717) is 31.6 Å². The number of nitrogens with zero attached hydrogens (tertiary/aromatic N) is 1. The van der Waals surface area contributed by atoms with E-state index in [4.69, 9.17) is 0 Å². The number of anilines is 1. The van der Waals surface area contributed by atoms with Gasteiger partial charge in [0.1, 0.15) is 17.7 Å². The summed E-state index contributed by atoms with van der Waals surface area (Å²) in [6, 6.07) is 18.7. The van der Waals surface area contributed by atoms with Crippen molar-refractivity contribution in [2.75, 3.05) is 18.4 Å². The Bertz CT molecular complexity index is 1210. The van der Waals surface area contributed by atoms with Crippen molar-refractivity contribution in [2.24, 2.45) is 0 Å². The number of amides is 1. The first-order chi connectivity index (χ1) is 16.3. The summed E-state index contributed by atoms with van der Waals surface area (Å²) < 4.78 is 54.4. The van der Waals surface area contributed by atoms with Gasteiger partial charge in [0.25, 0.3) is 0 Å². The van der Waals surface area contributed by atoms with Crippen LogP contribution in [-0.2, 0) is 14.8 Å². The summed E-state index contributed by atoms with van der Waals surface area (Å²) in [6.45, 7) is 0.986. The van der Waals surface area contributed by atoms with Gasteiger partial charge in [0.05, 0.1) is 4.90 Å². The van der Waals surface area contributed by atoms with E-state index in [1.807, 2.05) is 35.2 Å². The number of halogens is 2. The number of carbonyl (C=O) groups is 1. The van der Waals surface area contributed by atoms with Crippen LogP contribution in [0, 0.1) is 11.6 Å². The summed E-state index contributed by atoms with van der Waals surface area (Å²) in [5.41, 5.74) is 1.31. The summed E-state index contributed by atoms with van der Waals surface area (Å²) in [6.07, 6.45) is 1.02. The van der Waals surface area contributed by atoms with Crippen molar-refractivity contribution in [3.8, 4) is 0 Å². The molecule has 3 aromatic rings. The fourth-order valence-electron chi connectivity index (χ4n) is 4.08. The number of rotatable bonds is 7. The Morgan fingerprint density at radius 1 is 0.853 bits per heavy atom. The molecule has 1 heterocycles. The van der Waals surface area contributed by atoms with E-state index in [9.17, 15) is 22.0 Å². The molecular formula is C25H25F2N3O3S. The molecule has 6 nitrogen and oxygen atoms in total. The third-order valence-electron chi connectivity index (χ3n) is 5.82. The number of sulfonamides is 1. The minimum absolute atomic E-state index is 0.0113. The smallest absolute Gasteiger partial charge is 0.246 e. The first-order valence-corrected chi connectivity index (χ1v) is 12.4. The summed E-state index contributed by atoms with van der Waals surface area (Å²) in [7, 11) is -3.77. The number of piperidine rings is 1. The number of benzene rings is 3. The van der Waals surface area contributed by atoms with Crippen LogP contribution < -0.4 is 10.0 Å². The van der Waals surface area contributed by atoms with Gasteiger partial charge in [0.2, 0.25) is 15.9 Å². The summed E-state index contributed by atoms with van der Waals surface area (Å²) >= 11 is 0.